The Morgan fingerprint density at radius 2 is 2.05 bits per heavy atom. The molecular formula is C17H22N2O2. The van der Waals surface area contributed by atoms with Crippen LogP contribution in [0.3, 0.4) is 0 Å². The lowest BCUT2D eigenvalue weighted by molar-refractivity contribution is 0.0368. The normalized spacial score (nSPS) is 14.1. The van der Waals surface area contributed by atoms with E-state index in [9.17, 15) is 9.90 Å². The molecule has 0 aliphatic carbocycles. The molecule has 2 N–H and O–H groups in total. The summed E-state index contributed by atoms with van der Waals surface area (Å²) in [6.45, 7) is 6.05. The standard InChI is InChI=1S/C17H22N2O2/c1-12(2)10-17(3,21)11-19-16(20)15-14-7-5-4-6-13(14)8-9-18-15/h4-9,12,21H,10-11H2,1-3H3,(H,19,20). The van der Waals surface area contributed by atoms with Gasteiger partial charge in [0.25, 0.3) is 5.91 Å². The summed E-state index contributed by atoms with van der Waals surface area (Å²) in [6, 6.07) is 9.51. The van der Waals surface area contributed by atoms with E-state index in [0.29, 0.717) is 18.0 Å². The Labute approximate surface area is 125 Å². The van der Waals surface area contributed by atoms with E-state index < -0.39 is 5.60 Å². The van der Waals surface area contributed by atoms with Crippen molar-refractivity contribution < 1.29 is 9.90 Å². The molecule has 0 aliphatic rings. The molecule has 1 aromatic carbocycles. The molecular weight excluding hydrogens is 264 g/mol. The molecule has 0 bridgehead atoms. The molecule has 21 heavy (non-hydrogen) atoms. The number of carbonyl (C=O) groups excluding carboxylic acids is 1. The Morgan fingerprint density at radius 3 is 2.76 bits per heavy atom. The highest BCUT2D eigenvalue weighted by Crippen LogP contribution is 2.18. The Balaban J connectivity index is 2.13. The molecule has 1 unspecified atom stereocenters. The maximum absolute atomic E-state index is 12.3. The van der Waals surface area contributed by atoms with Crippen LogP contribution in [0.15, 0.2) is 36.5 Å². The number of pyridine rings is 1. The van der Waals surface area contributed by atoms with Crippen LogP contribution in [-0.4, -0.2) is 28.1 Å². The van der Waals surface area contributed by atoms with Crippen molar-refractivity contribution in [2.75, 3.05) is 6.54 Å². The Kier molecular flexibility index (Phi) is 4.58. The molecule has 1 heterocycles. The van der Waals surface area contributed by atoms with Crippen LogP contribution in [0.4, 0.5) is 0 Å². The average Bonchev–Trinajstić information content (AvgIpc) is 2.43. The molecule has 112 valence electrons. The maximum atomic E-state index is 12.3. The lowest BCUT2D eigenvalue weighted by atomic mass is 9.94. The average molecular weight is 286 g/mol. The zero-order valence-corrected chi connectivity index (χ0v) is 12.8. The van der Waals surface area contributed by atoms with Crippen molar-refractivity contribution in [3.8, 4) is 0 Å². The number of aromatic nitrogens is 1. The molecule has 1 atom stereocenters. The fourth-order valence-electron chi connectivity index (χ4n) is 2.61. The first kappa shape index (κ1) is 15.4. The molecule has 2 aromatic rings. The fourth-order valence-corrected chi connectivity index (χ4v) is 2.61. The van der Waals surface area contributed by atoms with Crippen LogP contribution in [-0.2, 0) is 0 Å². The van der Waals surface area contributed by atoms with Crippen molar-refractivity contribution in [1.29, 1.82) is 0 Å². The van der Waals surface area contributed by atoms with E-state index in [1.165, 1.54) is 0 Å². The van der Waals surface area contributed by atoms with Crippen molar-refractivity contribution in [1.82, 2.24) is 10.3 Å². The number of fused-ring (bicyclic) bond motifs is 1. The van der Waals surface area contributed by atoms with Crippen molar-refractivity contribution in [2.24, 2.45) is 5.92 Å². The summed E-state index contributed by atoms with van der Waals surface area (Å²) in [5, 5.41) is 14.8. The number of hydrogen-bond acceptors (Lipinski definition) is 3. The molecule has 0 fully saturated rings. The van der Waals surface area contributed by atoms with Gasteiger partial charge in [-0.25, -0.2) is 0 Å². The van der Waals surface area contributed by atoms with Crippen LogP contribution in [0.1, 0.15) is 37.7 Å². The van der Waals surface area contributed by atoms with Crippen molar-refractivity contribution in [2.45, 2.75) is 32.8 Å². The topological polar surface area (TPSA) is 62.2 Å². The largest absolute Gasteiger partial charge is 0.388 e. The SMILES string of the molecule is CC(C)CC(C)(O)CNC(=O)c1nccc2ccccc12. The molecule has 0 spiro atoms. The highest BCUT2D eigenvalue weighted by molar-refractivity contribution is 6.05. The van der Waals surface area contributed by atoms with E-state index in [2.05, 4.69) is 10.3 Å². The van der Waals surface area contributed by atoms with Gasteiger partial charge in [-0.3, -0.25) is 9.78 Å². The van der Waals surface area contributed by atoms with Crippen molar-refractivity contribution in [3.63, 3.8) is 0 Å². The summed E-state index contributed by atoms with van der Waals surface area (Å²) in [5.41, 5.74) is -0.512. The van der Waals surface area contributed by atoms with E-state index in [1.807, 2.05) is 44.2 Å². The van der Waals surface area contributed by atoms with Crippen LogP contribution >= 0.6 is 0 Å². The van der Waals surface area contributed by atoms with Crippen LogP contribution < -0.4 is 5.32 Å². The maximum Gasteiger partial charge on any atom is 0.270 e. The minimum absolute atomic E-state index is 0.217. The number of amides is 1. The van der Waals surface area contributed by atoms with Gasteiger partial charge < -0.3 is 10.4 Å². The first-order valence-corrected chi connectivity index (χ1v) is 7.23. The summed E-state index contributed by atoms with van der Waals surface area (Å²) in [5.74, 6) is 0.114. The third-order valence-electron chi connectivity index (χ3n) is 3.37. The van der Waals surface area contributed by atoms with E-state index in [4.69, 9.17) is 0 Å². The van der Waals surface area contributed by atoms with Gasteiger partial charge in [-0.2, -0.15) is 0 Å². The van der Waals surface area contributed by atoms with Gasteiger partial charge in [-0.05, 0) is 30.7 Å². The fraction of sp³-hybridized carbons (Fsp3) is 0.412. The Hall–Kier alpha value is -1.94. The minimum atomic E-state index is -0.908. The molecule has 1 amide bonds. The van der Waals surface area contributed by atoms with Gasteiger partial charge in [-0.15, -0.1) is 0 Å². The van der Waals surface area contributed by atoms with Gasteiger partial charge in [-0.1, -0.05) is 38.1 Å². The second-order valence-corrected chi connectivity index (χ2v) is 6.16. The van der Waals surface area contributed by atoms with E-state index >= 15 is 0 Å². The number of nitrogens with one attached hydrogen (secondary N) is 1. The summed E-state index contributed by atoms with van der Waals surface area (Å²) in [6.07, 6.45) is 2.26. The van der Waals surface area contributed by atoms with Gasteiger partial charge in [0.15, 0.2) is 0 Å². The smallest absolute Gasteiger partial charge is 0.270 e. The van der Waals surface area contributed by atoms with Gasteiger partial charge in [0, 0.05) is 18.1 Å². The van der Waals surface area contributed by atoms with E-state index in [0.717, 1.165) is 10.8 Å². The van der Waals surface area contributed by atoms with Crippen LogP contribution in [0.25, 0.3) is 10.8 Å². The molecule has 0 saturated heterocycles. The molecule has 4 nitrogen and oxygen atoms in total. The predicted molar refractivity (Wildman–Crippen MR) is 84.2 cm³/mol. The monoisotopic (exact) mass is 286 g/mol. The van der Waals surface area contributed by atoms with Gasteiger partial charge in [0.05, 0.1) is 5.60 Å². The molecule has 1 aromatic heterocycles. The highest BCUT2D eigenvalue weighted by atomic mass is 16.3. The zero-order chi connectivity index (χ0) is 15.5. The lowest BCUT2D eigenvalue weighted by Crippen LogP contribution is -2.41. The number of hydrogen-bond donors (Lipinski definition) is 2. The van der Waals surface area contributed by atoms with Crippen molar-refractivity contribution in [3.05, 3.63) is 42.2 Å². The first-order valence-electron chi connectivity index (χ1n) is 7.23. The van der Waals surface area contributed by atoms with E-state index in [1.54, 1.807) is 13.1 Å². The number of nitrogens with zero attached hydrogens (tertiary/aromatic N) is 1. The first-order chi connectivity index (χ1) is 9.89. The summed E-state index contributed by atoms with van der Waals surface area (Å²) in [4.78, 5) is 16.5. The summed E-state index contributed by atoms with van der Waals surface area (Å²) >= 11 is 0. The number of benzene rings is 1. The second kappa shape index (κ2) is 6.22. The molecule has 4 heteroatoms. The number of aliphatic hydroxyl groups is 1. The second-order valence-electron chi connectivity index (χ2n) is 6.16. The zero-order valence-electron chi connectivity index (χ0n) is 12.8. The highest BCUT2D eigenvalue weighted by Gasteiger charge is 2.23. The third-order valence-corrected chi connectivity index (χ3v) is 3.37. The van der Waals surface area contributed by atoms with E-state index in [-0.39, 0.29) is 12.5 Å². The predicted octanol–water partition coefficient (Wildman–Crippen LogP) is 2.76. The van der Waals surface area contributed by atoms with Gasteiger partial charge in [0.2, 0.25) is 0 Å². The Morgan fingerprint density at radius 1 is 1.33 bits per heavy atom. The lowest BCUT2D eigenvalue weighted by Gasteiger charge is -2.25. The van der Waals surface area contributed by atoms with Crippen molar-refractivity contribution >= 4 is 16.7 Å². The van der Waals surface area contributed by atoms with Crippen LogP contribution in [0.5, 0.6) is 0 Å². The molecule has 0 aliphatic heterocycles. The van der Waals surface area contributed by atoms with Gasteiger partial charge >= 0.3 is 0 Å². The van der Waals surface area contributed by atoms with Gasteiger partial charge in [0.1, 0.15) is 5.69 Å². The Bertz CT molecular complexity index is 630. The molecule has 0 saturated carbocycles. The molecule has 2 rings (SSSR count). The molecule has 0 radical (unpaired) electrons. The summed E-state index contributed by atoms with van der Waals surface area (Å²) in [7, 11) is 0. The quantitative estimate of drug-likeness (QED) is 0.888. The van der Waals surface area contributed by atoms with Crippen LogP contribution in [0.2, 0.25) is 0 Å². The number of rotatable bonds is 5. The summed E-state index contributed by atoms with van der Waals surface area (Å²) < 4.78 is 0. The third kappa shape index (κ3) is 4.02. The van der Waals surface area contributed by atoms with Crippen LogP contribution in [0, 0.1) is 5.92 Å². The minimum Gasteiger partial charge on any atom is -0.388 e. The number of carbonyl (C=O) groups is 1.